The van der Waals surface area contributed by atoms with Gasteiger partial charge in [0.25, 0.3) is 6.08 Å². The van der Waals surface area contributed by atoms with Crippen molar-refractivity contribution in [3.63, 3.8) is 0 Å². The molecule has 2 unspecified atom stereocenters. The highest BCUT2D eigenvalue weighted by Crippen LogP contribution is 2.53. The summed E-state index contributed by atoms with van der Waals surface area (Å²) in [5.41, 5.74) is 9.28. The molecule has 2 saturated heterocycles. The van der Waals surface area contributed by atoms with Gasteiger partial charge >= 0.3 is 12.2 Å². The standard InChI is InChI=1S/C28H20F5N7O2S.C8H11F2N/c1-11(12-4-3-7-37-24(12)35)40-8-9-42-22-18-21(38-27(41-2)39-26(18)40)20(30)17(19(22)28(31,32)33)13-5-6-15(29)23-16(13)14(10-34)25(36)43-23;9-8(10)6-4-7-2-1-3-11(7)5-6/h3-7,11H,8-9,36H2,1-2H3,(H2,35,37);7H,1-5H2. The maximum absolute atomic E-state index is 16.7. The molecule has 0 spiro atoms. The Morgan fingerprint density at radius 3 is 2.57 bits per heavy atom. The van der Waals surface area contributed by atoms with E-state index in [9.17, 15) is 18.4 Å². The summed E-state index contributed by atoms with van der Waals surface area (Å²) >= 11 is 0.675. The van der Waals surface area contributed by atoms with Crippen LogP contribution in [0.3, 0.4) is 0 Å². The number of nitrogen functional groups attached to an aromatic ring is 2. The molecular weight excluding hydrogens is 742 g/mol. The highest BCUT2D eigenvalue weighted by molar-refractivity contribution is 7.23. The number of anilines is 3. The van der Waals surface area contributed by atoms with Gasteiger partial charge in [-0.15, -0.1) is 11.3 Å². The molecule has 282 valence electrons. The van der Waals surface area contributed by atoms with Crippen molar-refractivity contribution in [1.82, 2.24) is 19.9 Å². The van der Waals surface area contributed by atoms with E-state index in [0.717, 1.165) is 25.1 Å². The molecule has 2 fully saturated rings. The number of nitrogens with zero attached hydrogens (tertiary/aromatic N) is 6. The maximum Gasteiger partial charge on any atom is 0.420 e. The molecule has 5 aromatic rings. The first kappa shape index (κ1) is 36.9. The van der Waals surface area contributed by atoms with Crippen molar-refractivity contribution in [3.05, 3.63) is 70.4 Å². The number of fused-ring (bicyclic) bond motifs is 2. The zero-order valence-electron chi connectivity index (χ0n) is 28.7. The first-order chi connectivity index (χ1) is 25.7. The highest BCUT2D eigenvalue weighted by Gasteiger charge is 2.44. The summed E-state index contributed by atoms with van der Waals surface area (Å²) in [5.74, 6) is -2.83. The van der Waals surface area contributed by atoms with Gasteiger partial charge in [-0.25, -0.2) is 13.8 Å². The van der Waals surface area contributed by atoms with Crippen LogP contribution in [-0.4, -0.2) is 59.2 Å². The normalized spacial score (nSPS) is 17.4. The SMILES string of the molecule is COc1nc2c3c(c(C(F)(F)F)c(-c4ccc(F)c5sc(N)c(C#N)c45)c(F)c3n1)OCCN2C(C)c1cccnc1N.FC(F)=C1CC2CCCN2C1. The number of rotatable bonds is 4. The minimum absolute atomic E-state index is 0.0220. The molecule has 0 amide bonds. The maximum atomic E-state index is 16.7. The van der Waals surface area contributed by atoms with Crippen molar-refractivity contribution in [2.24, 2.45) is 0 Å². The number of hydrogen-bond acceptors (Lipinski definition) is 11. The number of ether oxygens (including phenoxy) is 2. The van der Waals surface area contributed by atoms with Crippen LogP contribution in [0.25, 0.3) is 32.1 Å². The van der Waals surface area contributed by atoms with E-state index in [0.29, 0.717) is 41.5 Å². The van der Waals surface area contributed by atoms with Gasteiger partial charge in [0.15, 0.2) is 5.82 Å². The van der Waals surface area contributed by atoms with Crippen molar-refractivity contribution in [3.8, 4) is 29.0 Å². The Bertz CT molecular complexity index is 2360. The van der Waals surface area contributed by atoms with Crippen LogP contribution < -0.4 is 25.8 Å². The van der Waals surface area contributed by atoms with Crippen LogP contribution in [0.4, 0.5) is 47.4 Å². The molecule has 3 aliphatic heterocycles. The van der Waals surface area contributed by atoms with Crippen LogP contribution in [0, 0.1) is 23.0 Å². The molecule has 8 rings (SSSR count). The van der Waals surface area contributed by atoms with E-state index in [-0.39, 0.29) is 56.8 Å². The van der Waals surface area contributed by atoms with Crippen molar-refractivity contribution in [1.29, 1.82) is 5.26 Å². The van der Waals surface area contributed by atoms with Gasteiger partial charge in [0, 0.05) is 40.9 Å². The molecule has 0 bridgehead atoms. The van der Waals surface area contributed by atoms with Crippen LogP contribution in [0.5, 0.6) is 11.8 Å². The van der Waals surface area contributed by atoms with E-state index in [2.05, 4.69) is 19.9 Å². The zero-order chi connectivity index (χ0) is 38.6. The number of nitrogens with two attached hydrogens (primary N) is 2. The van der Waals surface area contributed by atoms with Gasteiger partial charge in [-0.3, -0.25) is 4.90 Å². The molecule has 0 saturated carbocycles. The molecule has 3 aromatic heterocycles. The predicted octanol–water partition coefficient (Wildman–Crippen LogP) is 8.21. The second-order valence-electron chi connectivity index (χ2n) is 12.9. The van der Waals surface area contributed by atoms with Crippen molar-refractivity contribution < 1.29 is 40.2 Å². The molecule has 3 aliphatic rings. The van der Waals surface area contributed by atoms with Crippen molar-refractivity contribution in [2.45, 2.75) is 44.4 Å². The predicted molar refractivity (Wildman–Crippen MR) is 189 cm³/mol. The Labute approximate surface area is 307 Å². The lowest BCUT2D eigenvalue weighted by atomic mass is 9.91. The van der Waals surface area contributed by atoms with Gasteiger partial charge in [0.2, 0.25) is 0 Å². The zero-order valence-corrected chi connectivity index (χ0v) is 29.5. The number of pyridine rings is 1. The molecule has 18 heteroatoms. The average molecular weight is 773 g/mol. The molecule has 10 nitrogen and oxygen atoms in total. The molecule has 4 N–H and O–H groups in total. The summed E-state index contributed by atoms with van der Waals surface area (Å²) in [4.78, 5) is 16.3. The third-order valence-corrected chi connectivity index (χ3v) is 11.0. The van der Waals surface area contributed by atoms with Crippen LogP contribution in [-0.2, 0) is 6.18 Å². The van der Waals surface area contributed by atoms with E-state index in [1.807, 2.05) is 0 Å². The van der Waals surface area contributed by atoms with E-state index >= 15 is 17.6 Å². The molecule has 2 aromatic carbocycles. The van der Waals surface area contributed by atoms with Gasteiger partial charge in [-0.05, 0) is 50.4 Å². The van der Waals surface area contributed by atoms with Crippen LogP contribution >= 0.6 is 11.3 Å². The van der Waals surface area contributed by atoms with E-state index in [4.69, 9.17) is 20.9 Å². The summed E-state index contributed by atoms with van der Waals surface area (Å²) in [5, 5.41) is 9.02. The fourth-order valence-electron chi connectivity index (χ4n) is 7.48. The minimum atomic E-state index is -5.18. The Hall–Kier alpha value is -5.41. The van der Waals surface area contributed by atoms with Crippen LogP contribution in [0.15, 0.2) is 42.1 Å². The Morgan fingerprint density at radius 2 is 1.91 bits per heavy atom. The second kappa shape index (κ2) is 14.1. The lowest BCUT2D eigenvalue weighted by Gasteiger charge is -2.30. The topological polar surface area (TPSA) is 139 Å². The number of aromatic nitrogens is 3. The number of halogens is 7. The number of methoxy groups -OCH3 is 1. The lowest BCUT2D eigenvalue weighted by molar-refractivity contribution is -0.138. The second-order valence-corrected chi connectivity index (χ2v) is 14.0. The smallest absolute Gasteiger partial charge is 0.420 e. The molecule has 54 heavy (non-hydrogen) atoms. The molecular formula is C36H31F7N8O2S. The van der Waals surface area contributed by atoms with E-state index in [1.165, 1.54) is 19.7 Å². The summed E-state index contributed by atoms with van der Waals surface area (Å²) in [7, 11) is 1.23. The number of thiophene rings is 1. The number of nitriles is 1. The first-order valence-electron chi connectivity index (χ1n) is 16.7. The molecule has 6 heterocycles. The van der Waals surface area contributed by atoms with E-state index < -0.39 is 57.9 Å². The Balaban J connectivity index is 0.000000348. The molecule has 2 atom stereocenters. The van der Waals surface area contributed by atoms with Gasteiger partial charge in [-0.1, -0.05) is 12.1 Å². The fraction of sp³-hybridized carbons (Fsp3) is 0.333. The van der Waals surface area contributed by atoms with Gasteiger partial charge in [-0.2, -0.15) is 37.2 Å². The fourth-order valence-corrected chi connectivity index (χ4v) is 8.43. The highest BCUT2D eigenvalue weighted by atomic mass is 32.1. The quantitative estimate of drug-likeness (QED) is 0.172. The monoisotopic (exact) mass is 772 g/mol. The summed E-state index contributed by atoms with van der Waals surface area (Å²) in [6.45, 7) is 3.04. The molecule has 0 aliphatic carbocycles. The lowest BCUT2D eigenvalue weighted by Crippen LogP contribution is -2.31. The first-order valence-corrected chi connectivity index (χ1v) is 17.5. The number of alkyl halides is 3. The molecule has 0 radical (unpaired) electrons. The van der Waals surface area contributed by atoms with Gasteiger partial charge < -0.3 is 25.8 Å². The minimum Gasteiger partial charge on any atom is -0.490 e. The van der Waals surface area contributed by atoms with Gasteiger partial charge in [0.05, 0.1) is 35.3 Å². The average Bonchev–Trinajstić information content (AvgIpc) is 3.81. The Kier molecular flexibility index (Phi) is 9.64. The summed E-state index contributed by atoms with van der Waals surface area (Å²) in [6, 6.07) is 6.56. The summed E-state index contributed by atoms with van der Waals surface area (Å²) in [6.07, 6.45) is -2.22. The number of hydrogen-bond donors (Lipinski definition) is 2. The Morgan fingerprint density at radius 1 is 1.13 bits per heavy atom. The van der Waals surface area contributed by atoms with Gasteiger partial charge in [0.1, 0.15) is 52.0 Å². The third-order valence-electron chi connectivity index (χ3n) is 9.95. The van der Waals surface area contributed by atoms with Crippen LogP contribution in [0.1, 0.15) is 48.9 Å². The number of benzene rings is 2. The van der Waals surface area contributed by atoms with Crippen LogP contribution in [0.2, 0.25) is 0 Å². The largest absolute Gasteiger partial charge is 0.490 e. The van der Waals surface area contributed by atoms with E-state index in [1.54, 1.807) is 30.0 Å². The third kappa shape index (κ3) is 6.24. The van der Waals surface area contributed by atoms with Crippen molar-refractivity contribution in [2.75, 3.05) is 49.7 Å². The summed E-state index contributed by atoms with van der Waals surface area (Å²) < 4.78 is 112. The van der Waals surface area contributed by atoms with Crippen molar-refractivity contribution >= 4 is 49.0 Å².